The molecule has 2 heterocycles. The first-order chi connectivity index (χ1) is 12.2. The van der Waals surface area contributed by atoms with Crippen LogP contribution in [-0.2, 0) is 11.3 Å². The van der Waals surface area contributed by atoms with Crippen LogP contribution in [0.2, 0.25) is 5.02 Å². The third-order valence-electron chi connectivity index (χ3n) is 4.23. The van der Waals surface area contributed by atoms with E-state index in [4.69, 9.17) is 21.4 Å². The van der Waals surface area contributed by atoms with Crippen molar-refractivity contribution in [2.75, 3.05) is 43.6 Å². The Labute approximate surface area is 152 Å². The normalized spacial score (nSPS) is 16.8. The first kappa shape index (κ1) is 17.9. The van der Waals surface area contributed by atoms with Gasteiger partial charge in [-0.15, -0.1) is 0 Å². The molecule has 0 amide bonds. The zero-order chi connectivity index (χ0) is 17.6. The Kier molecular flexibility index (Phi) is 6.07. The van der Waals surface area contributed by atoms with E-state index in [-0.39, 0.29) is 12.5 Å². The van der Waals surface area contributed by atoms with Crippen LogP contribution in [0.4, 0.5) is 11.8 Å². The van der Waals surface area contributed by atoms with Gasteiger partial charge in [0.15, 0.2) is 0 Å². The molecule has 6 nitrogen and oxygen atoms in total. The van der Waals surface area contributed by atoms with Gasteiger partial charge in [0.1, 0.15) is 5.82 Å². The Hall–Kier alpha value is -1.89. The molecule has 1 atom stereocenters. The highest BCUT2D eigenvalue weighted by Crippen LogP contribution is 2.28. The Morgan fingerprint density at radius 3 is 2.92 bits per heavy atom. The summed E-state index contributed by atoms with van der Waals surface area (Å²) in [6.45, 7) is 2.54. The van der Waals surface area contributed by atoms with Crippen molar-refractivity contribution in [1.82, 2.24) is 9.97 Å². The van der Waals surface area contributed by atoms with Gasteiger partial charge in [-0.2, -0.15) is 4.98 Å². The molecule has 0 saturated carbocycles. The fourth-order valence-corrected chi connectivity index (χ4v) is 3.03. The number of nitrogens with one attached hydrogen (secondary N) is 1. The monoisotopic (exact) mass is 362 g/mol. The van der Waals surface area contributed by atoms with Crippen molar-refractivity contribution in [2.24, 2.45) is 0 Å². The topological polar surface area (TPSA) is 70.5 Å². The van der Waals surface area contributed by atoms with E-state index in [1.54, 1.807) is 0 Å². The summed E-state index contributed by atoms with van der Waals surface area (Å²) < 4.78 is 5.49. The van der Waals surface area contributed by atoms with Crippen molar-refractivity contribution in [2.45, 2.75) is 18.9 Å². The highest BCUT2D eigenvalue weighted by Gasteiger charge is 2.21. The number of nitrogens with zero attached hydrogens (tertiary/aromatic N) is 3. The van der Waals surface area contributed by atoms with Gasteiger partial charge in [0, 0.05) is 43.8 Å². The Balaban J connectivity index is 1.84. The quantitative estimate of drug-likeness (QED) is 0.789. The number of hydrogen-bond donors (Lipinski definition) is 2. The van der Waals surface area contributed by atoms with Gasteiger partial charge < -0.3 is 20.1 Å². The molecule has 2 N–H and O–H groups in total. The van der Waals surface area contributed by atoms with Crippen molar-refractivity contribution >= 4 is 23.4 Å². The lowest BCUT2D eigenvalue weighted by Crippen LogP contribution is -2.20. The fourth-order valence-electron chi connectivity index (χ4n) is 2.83. The lowest BCUT2D eigenvalue weighted by molar-refractivity contribution is 0.193. The van der Waals surface area contributed by atoms with Crippen LogP contribution < -0.4 is 10.2 Å². The van der Waals surface area contributed by atoms with Gasteiger partial charge in [-0.3, -0.25) is 0 Å². The second-order valence-electron chi connectivity index (χ2n) is 6.13. The average Bonchev–Trinajstić information content (AvgIpc) is 3.16. The molecule has 3 rings (SSSR count). The lowest BCUT2D eigenvalue weighted by Gasteiger charge is -2.21. The van der Waals surface area contributed by atoms with E-state index >= 15 is 0 Å². The van der Waals surface area contributed by atoms with Crippen LogP contribution in [0.25, 0.3) is 0 Å². The molecule has 25 heavy (non-hydrogen) atoms. The summed E-state index contributed by atoms with van der Waals surface area (Å²) in [6, 6.07) is 9.81. The number of hydrogen-bond acceptors (Lipinski definition) is 6. The minimum Gasteiger partial charge on any atom is -0.395 e. The van der Waals surface area contributed by atoms with Gasteiger partial charge in [-0.1, -0.05) is 29.8 Å². The lowest BCUT2D eigenvalue weighted by atomic mass is 10.0. The van der Waals surface area contributed by atoms with E-state index in [0.29, 0.717) is 25.6 Å². The Morgan fingerprint density at radius 1 is 1.36 bits per heavy atom. The number of benzene rings is 1. The van der Waals surface area contributed by atoms with Crippen LogP contribution in [0.1, 0.15) is 23.6 Å². The zero-order valence-electron chi connectivity index (χ0n) is 14.3. The highest BCUT2D eigenvalue weighted by atomic mass is 35.5. The van der Waals surface area contributed by atoms with E-state index in [1.165, 1.54) is 0 Å². The highest BCUT2D eigenvalue weighted by molar-refractivity contribution is 6.31. The zero-order valence-corrected chi connectivity index (χ0v) is 15.0. The number of halogens is 1. The number of aromatic nitrogens is 2. The molecule has 1 aliphatic heterocycles. The molecule has 0 aliphatic carbocycles. The van der Waals surface area contributed by atoms with Crippen molar-refractivity contribution < 1.29 is 9.84 Å². The summed E-state index contributed by atoms with van der Waals surface area (Å²) in [5.74, 6) is 1.63. The standard InChI is InChI=1S/C18H23ClN4O2/c1-23(11-13-4-2-3-5-15(13)19)17-10-16(14-6-9-25-12-14)21-18(22-17)20-7-8-24/h2-5,10,14,24H,6-9,11-12H2,1H3,(H,20,21,22)/t14-/m0/s1. The molecule has 1 fully saturated rings. The number of aliphatic hydroxyl groups is 1. The largest absolute Gasteiger partial charge is 0.395 e. The molecule has 0 unspecified atom stereocenters. The predicted molar refractivity (Wildman–Crippen MR) is 99.3 cm³/mol. The molecular formula is C18H23ClN4O2. The Morgan fingerprint density at radius 2 is 2.20 bits per heavy atom. The summed E-state index contributed by atoms with van der Waals surface area (Å²) in [4.78, 5) is 11.2. The van der Waals surface area contributed by atoms with Crippen LogP contribution >= 0.6 is 11.6 Å². The maximum Gasteiger partial charge on any atom is 0.224 e. The van der Waals surface area contributed by atoms with E-state index in [1.807, 2.05) is 42.3 Å². The van der Waals surface area contributed by atoms with E-state index in [9.17, 15) is 0 Å². The van der Waals surface area contributed by atoms with Gasteiger partial charge >= 0.3 is 0 Å². The minimum absolute atomic E-state index is 0.0327. The van der Waals surface area contributed by atoms with Crippen LogP contribution in [-0.4, -0.2) is 48.5 Å². The van der Waals surface area contributed by atoms with Crippen molar-refractivity contribution in [1.29, 1.82) is 0 Å². The summed E-state index contributed by atoms with van der Waals surface area (Å²) in [5.41, 5.74) is 2.01. The molecule has 0 radical (unpaired) electrons. The van der Waals surface area contributed by atoms with Gasteiger partial charge in [0.2, 0.25) is 5.95 Å². The van der Waals surface area contributed by atoms with Crippen LogP contribution in [0.15, 0.2) is 30.3 Å². The minimum atomic E-state index is 0.0327. The van der Waals surface area contributed by atoms with E-state index in [0.717, 1.165) is 35.1 Å². The first-order valence-electron chi connectivity index (χ1n) is 8.43. The number of ether oxygens (including phenoxy) is 1. The number of aliphatic hydroxyl groups excluding tert-OH is 1. The summed E-state index contributed by atoms with van der Waals surface area (Å²) in [5, 5.41) is 12.9. The van der Waals surface area contributed by atoms with Gasteiger partial charge in [0.05, 0.1) is 18.9 Å². The molecule has 0 bridgehead atoms. The third-order valence-corrected chi connectivity index (χ3v) is 4.60. The van der Waals surface area contributed by atoms with Crippen molar-refractivity contribution in [3.8, 4) is 0 Å². The van der Waals surface area contributed by atoms with Crippen LogP contribution in [0.3, 0.4) is 0 Å². The summed E-state index contributed by atoms with van der Waals surface area (Å²) >= 11 is 6.27. The molecule has 1 saturated heterocycles. The number of anilines is 2. The van der Waals surface area contributed by atoms with Gasteiger partial charge in [-0.25, -0.2) is 4.98 Å². The second-order valence-corrected chi connectivity index (χ2v) is 6.54. The predicted octanol–water partition coefficient (Wildman–Crippen LogP) is 2.67. The Bertz CT molecular complexity index is 707. The molecule has 0 spiro atoms. The average molecular weight is 363 g/mol. The molecular weight excluding hydrogens is 340 g/mol. The molecule has 134 valence electrons. The fraction of sp³-hybridized carbons (Fsp3) is 0.444. The molecule has 1 aromatic carbocycles. The maximum atomic E-state index is 9.05. The van der Waals surface area contributed by atoms with Crippen LogP contribution in [0.5, 0.6) is 0 Å². The molecule has 7 heteroatoms. The van der Waals surface area contributed by atoms with Gasteiger partial charge in [-0.05, 0) is 18.1 Å². The maximum absolute atomic E-state index is 9.05. The number of rotatable bonds is 7. The van der Waals surface area contributed by atoms with Crippen molar-refractivity contribution in [3.63, 3.8) is 0 Å². The molecule has 1 aromatic heterocycles. The van der Waals surface area contributed by atoms with E-state index in [2.05, 4.69) is 15.3 Å². The summed E-state index contributed by atoms with van der Waals surface area (Å²) in [6.07, 6.45) is 0.962. The molecule has 2 aromatic rings. The smallest absolute Gasteiger partial charge is 0.224 e. The van der Waals surface area contributed by atoms with Crippen LogP contribution in [0, 0.1) is 0 Å². The third kappa shape index (κ3) is 4.60. The summed E-state index contributed by atoms with van der Waals surface area (Å²) in [7, 11) is 1.98. The SMILES string of the molecule is CN(Cc1ccccc1Cl)c1cc([C@H]2CCOC2)nc(NCCO)n1. The second kappa shape index (κ2) is 8.47. The first-order valence-corrected chi connectivity index (χ1v) is 8.81. The van der Waals surface area contributed by atoms with Crippen molar-refractivity contribution in [3.05, 3.63) is 46.6 Å². The van der Waals surface area contributed by atoms with Gasteiger partial charge in [0.25, 0.3) is 0 Å². The molecule has 1 aliphatic rings. The van der Waals surface area contributed by atoms with E-state index < -0.39 is 0 Å².